The number of hydrogen-bond donors (Lipinski definition) is 2. The van der Waals surface area contributed by atoms with Gasteiger partial charge in [0, 0.05) is 17.8 Å². The Balaban J connectivity index is 1.64. The lowest BCUT2D eigenvalue weighted by Crippen LogP contribution is -2.31. The van der Waals surface area contributed by atoms with Gasteiger partial charge in [0.05, 0.1) is 0 Å². The van der Waals surface area contributed by atoms with Crippen LogP contribution in [0.25, 0.3) is 0 Å². The highest BCUT2D eigenvalue weighted by Gasteiger charge is 2.43. The van der Waals surface area contributed by atoms with E-state index in [1.165, 1.54) is 18.2 Å². The van der Waals surface area contributed by atoms with Crippen molar-refractivity contribution in [1.29, 1.82) is 0 Å². The number of fused-ring (bicyclic) bond motifs is 1. The van der Waals surface area contributed by atoms with Crippen LogP contribution in [0.2, 0.25) is 0 Å². The Hall–Kier alpha value is -2.84. The highest BCUT2D eigenvalue weighted by molar-refractivity contribution is 5.95. The van der Waals surface area contributed by atoms with Crippen LogP contribution in [-0.4, -0.2) is 23.4 Å². The van der Waals surface area contributed by atoms with E-state index < -0.39 is 12.3 Å². The molecule has 7 nitrogen and oxygen atoms in total. The fourth-order valence-electron chi connectivity index (χ4n) is 2.01. The molecule has 1 aromatic heterocycles. The molecule has 1 aliphatic rings. The first-order chi connectivity index (χ1) is 10.8. The number of nitrogens with one attached hydrogen (secondary N) is 2. The molecule has 1 aliphatic heterocycles. The van der Waals surface area contributed by atoms with Crippen molar-refractivity contribution in [1.82, 2.24) is 5.16 Å². The molecule has 3 rings (SSSR count). The van der Waals surface area contributed by atoms with E-state index in [1.807, 2.05) is 0 Å². The van der Waals surface area contributed by atoms with Crippen LogP contribution in [0.1, 0.15) is 12.7 Å². The second-order valence-electron chi connectivity index (χ2n) is 5.01. The van der Waals surface area contributed by atoms with Gasteiger partial charge in [0.25, 0.3) is 0 Å². The number of carbonyl (C=O) groups excluding carboxylic acids is 1. The first-order valence-corrected chi connectivity index (χ1v) is 6.73. The van der Waals surface area contributed by atoms with E-state index in [2.05, 4.69) is 25.3 Å². The number of anilines is 2. The third kappa shape index (κ3) is 3.33. The van der Waals surface area contributed by atoms with E-state index in [4.69, 9.17) is 4.52 Å². The zero-order valence-corrected chi connectivity index (χ0v) is 12.2. The predicted molar refractivity (Wildman–Crippen MR) is 75.6 cm³/mol. The van der Waals surface area contributed by atoms with Crippen molar-refractivity contribution in [3.05, 3.63) is 30.0 Å². The minimum absolute atomic E-state index is 0.0595. The number of aromatic nitrogens is 1. The first kappa shape index (κ1) is 15.1. The van der Waals surface area contributed by atoms with Crippen molar-refractivity contribution >= 4 is 17.4 Å². The summed E-state index contributed by atoms with van der Waals surface area (Å²) in [4.78, 5) is 12.0. The average Bonchev–Trinajstić information content (AvgIpc) is 2.99. The highest BCUT2D eigenvalue weighted by atomic mass is 19.3. The number of rotatable bonds is 4. The summed E-state index contributed by atoms with van der Waals surface area (Å²) in [6, 6.07) is 5.11. The van der Waals surface area contributed by atoms with E-state index >= 15 is 0 Å². The van der Waals surface area contributed by atoms with Gasteiger partial charge in [-0.05, 0) is 26.0 Å². The minimum atomic E-state index is -3.67. The van der Waals surface area contributed by atoms with Crippen LogP contribution in [0.3, 0.4) is 0 Å². The summed E-state index contributed by atoms with van der Waals surface area (Å²) in [6.07, 6.45) is -3.67. The molecule has 9 heteroatoms. The monoisotopic (exact) mass is 325 g/mol. The normalized spacial score (nSPS) is 16.0. The number of aryl methyl sites for hydroxylation is 1. The number of amides is 1. The molecule has 0 spiro atoms. The molecule has 0 saturated carbocycles. The van der Waals surface area contributed by atoms with Gasteiger partial charge in [0.15, 0.2) is 17.3 Å². The third-order valence-electron chi connectivity index (χ3n) is 3.06. The number of carbonyl (C=O) groups is 1. The van der Waals surface area contributed by atoms with Gasteiger partial charge >= 0.3 is 6.29 Å². The molecule has 23 heavy (non-hydrogen) atoms. The largest absolute Gasteiger partial charge is 0.586 e. The zero-order chi connectivity index (χ0) is 16.6. The summed E-state index contributed by atoms with van der Waals surface area (Å²) in [5.41, 5.74) is 0.434. The van der Waals surface area contributed by atoms with Gasteiger partial charge in [-0.2, -0.15) is 0 Å². The molecule has 2 aromatic rings. The van der Waals surface area contributed by atoms with Gasteiger partial charge in [-0.25, -0.2) is 0 Å². The summed E-state index contributed by atoms with van der Waals surface area (Å²) in [7, 11) is 0. The minimum Gasteiger partial charge on any atom is -0.395 e. The van der Waals surface area contributed by atoms with E-state index in [0.29, 0.717) is 17.3 Å². The summed E-state index contributed by atoms with van der Waals surface area (Å²) >= 11 is 0. The predicted octanol–water partition coefficient (Wildman–Crippen LogP) is 2.74. The molecule has 1 amide bonds. The van der Waals surface area contributed by atoms with Crippen molar-refractivity contribution < 1.29 is 27.6 Å². The Kier molecular flexibility index (Phi) is 3.55. The van der Waals surface area contributed by atoms with Crippen molar-refractivity contribution in [2.75, 3.05) is 10.6 Å². The number of halogens is 2. The topological polar surface area (TPSA) is 85.6 Å². The molecule has 0 aliphatic carbocycles. The van der Waals surface area contributed by atoms with Crippen LogP contribution in [0.15, 0.2) is 28.8 Å². The second kappa shape index (κ2) is 5.41. The Labute approximate surface area is 129 Å². The van der Waals surface area contributed by atoms with E-state index in [0.717, 1.165) is 0 Å². The summed E-state index contributed by atoms with van der Waals surface area (Å²) < 4.78 is 39.4. The molecule has 0 unspecified atom stereocenters. The summed E-state index contributed by atoms with van der Waals surface area (Å²) in [5, 5.41) is 9.09. The molecule has 1 atom stereocenters. The Bertz CT molecular complexity index is 747. The van der Waals surface area contributed by atoms with E-state index in [-0.39, 0.29) is 17.4 Å². The zero-order valence-electron chi connectivity index (χ0n) is 12.2. The number of alkyl halides is 2. The van der Waals surface area contributed by atoms with Crippen molar-refractivity contribution in [3.8, 4) is 11.5 Å². The van der Waals surface area contributed by atoms with Crippen LogP contribution in [0.4, 0.5) is 20.3 Å². The average molecular weight is 325 g/mol. The molecule has 0 bridgehead atoms. The SMILES string of the molecule is Cc1cc(NC(=O)[C@@H](C)Nc2ccc3c(c2)OC(F)(F)O3)no1. The van der Waals surface area contributed by atoms with Crippen molar-refractivity contribution in [2.24, 2.45) is 0 Å². The van der Waals surface area contributed by atoms with Crippen LogP contribution in [0, 0.1) is 6.92 Å². The van der Waals surface area contributed by atoms with Gasteiger partial charge < -0.3 is 24.6 Å². The smallest absolute Gasteiger partial charge is 0.395 e. The lowest BCUT2D eigenvalue weighted by Gasteiger charge is -2.14. The van der Waals surface area contributed by atoms with Crippen LogP contribution < -0.4 is 20.1 Å². The van der Waals surface area contributed by atoms with Crippen LogP contribution in [-0.2, 0) is 4.79 Å². The molecule has 0 saturated heterocycles. The maximum Gasteiger partial charge on any atom is 0.586 e. The van der Waals surface area contributed by atoms with Crippen LogP contribution >= 0.6 is 0 Å². The quantitative estimate of drug-likeness (QED) is 0.899. The second-order valence-corrected chi connectivity index (χ2v) is 5.01. The maximum absolute atomic E-state index is 13.0. The fourth-order valence-corrected chi connectivity index (χ4v) is 2.01. The van der Waals surface area contributed by atoms with Gasteiger partial charge in [-0.3, -0.25) is 4.79 Å². The lowest BCUT2D eigenvalue weighted by molar-refractivity contribution is -0.286. The van der Waals surface area contributed by atoms with Gasteiger partial charge in [-0.15, -0.1) is 8.78 Å². The molecular formula is C14H13F2N3O4. The number of ether oxygens (including phenoxy) is 2. The van der Waals surface area contributed by atoms with Crippen molar-refractivity contribution in [2.45, 2.75) is 26.2 Å². The fraction of sp³-hybridized carbons (Fsp3) is 0.286. The number of nitrogens with zero attached hydrogens (tertiary/aromatic N) is 1. The van der Waals surface area contributed by atoms with Gasteiger partial charge in [-0.1, -0.05) is 5.16 Å². The molecule has 0 fully saturated rings. The third-order valence-corrected chi connectivity index (χ3v) is 3.06. The van der Waals surface area contributed by atoms with E-state index in [1.54, 1.807) is 19.9 Å². The summed E-state index contributed by atoms with van der Waals surface area (Å²) in [6.45, 7) is 3.31. The lowest BCUT2D eigenvalue weighted by atomic mass is 10.2. The van der Waals surface area contributed by atoms with Gasteiger partial charge in [0.1, 0.15) is 11.8 Å². The maximum atomic E-state index is 13.0. The number of hydrogen-bond acceptors (Lipinski definition) is 6. The summed E-state index contributed by atoms with van der Waals surface area (Å²) in [5.74, 6) is 0.348. The standard InChI is InChI=1S/C14H13F2N3O4/c1-7-5-12(19-23-7)18-13(20)8(2)17-9-3-4-10-11(6-9)22-14(15,16)21-10/h3-6,8,17H,1-2H3,(H,18,19,20)/t8-/m1/s1. The van der Waals surface area contributed by atoms with Crippen molar-refractivity contribution in [3.63, 3.8) is 0 Å². The first-order valence-electron chi connectivity index (χ1n) is 6.73. The van der Waals surface area contributed by atoms with Crippen LogP contribution in [0.5, 0.6) is 11.5 Å². The molecule has 1 aromatic carbocycles. The molecule has 2 N–H and O–H groups in total. The molecule has 0 radical (unpaired) electrons. The Morgan fingerprint density at radius 3 is 2.70 bits per heavy atom. The molecule has 2 heterocycles. The Morgan fingerprint density at radius 2 is 2.00 bits per heavy atom. The highest BCUT2D eigenvalue weighted by Crippen LogP contribution is 2.42. The molecule has 122 valence electrons. The van der Waals surface area contributed by atoms with E-state index in [9.17, 15) is 13.6 Å². The van der Waals surface area contributed by atoms with Gasteiger partial charge in [0.2, 0.25) is 5.91 Å². The number of benzene rings is 1. The Morgan fingerprint density at radius 1 is 1.26 bits per heavy atom. The molecular weight excluding hydrogens is 312 g/mol.